The van der Waals surface area contributed by atoms with Crippen LogP contribution in [0, 0.1) is 0 Å². The van der Waals surface area contributed by atoms with Gasteiger partial charge in [-0.05, 0) is 44.0 Å². The Morgan fingerprint density at radius 1 is 1.08 bits per heavy atom. The van der Waals surface area contributed by atoms with Gasteiger partial charge < -0.3 is 19.6 Å². The summed E-state index contributed by atoms with van der Waals surface area (Å²) in [5.74, 6) is 0.722. The second-order valence-electron chi connectivity index (χ2n) is 6.94. The van der Waals surface area contributed by atoms with E-state index in [1.54, 1.807) is 20.8 Å². The fraction of sp³-hybridized carbons (Fsp3) is 0.333. The van der Waals surface area contributed by atoms with Crippen LogP contribution in [-0.4, -0.2) is 18.0 Å². The molecule has 0 aromatic heterocycles. The molecule has 0 heterocycles. The Balaban J connectivity index is 1.98. The summed E-state index contributed by atoms with van der Waals surface area (Å²) in [6.07, 6.45) is 0.402. The molecule has 0 bridgehead atoms. The van der Waals surface area contributed by atoms with Gasteiger partial charge in [0.1, 0.15) is 24.2 Å². The van der Waals surface area contributed by atoms with Gasteiger partial charge in [-0.25, -0.2) is 4.79 Å². The molecule has 0 aliphatic heterocycles. The Kier molecular flexibility index (Phi) is 6.78. The lowest BCUT2D eigenvalue weighted by atomic mass is 10.0. The van der Waals surface area contributed by atoms with Crippen molar-refractivity contribution in [3.63, 3.8) is 0 Å². The smallest absolute Gasteiger partial charge is 0.408 e. The van der Waals surface area contributed by atoms with Crippen LogP contribution < -0.4 is 10.1 Å². The fourth-order valence-corrected chi connectivity index (χ4v) is 2.36. The van der Waals surface area contributed by atoms with Crippen LogP contribution in [0.15, 0.2) is 54.6 Å². The summed E-state index contributed by atoms with van der Waals surface area (Å²) in [6.45, 7) is 5.86. The van der Waals surface area contributed by atoms with Crippen LogP contribution in [0.4, 0.5) is 4.79 Å². The van der Waals surface area contributed by atoms with Crippen LogP contribution in [0.2, 0.25) is 0 Å². The van der Waals surface area contributed by atoms with E-state index >= 15 is 0 Å². The summed E-state index contributed by atoms with van der Waals surface area (Å²) in [7, 11) is 0. The van der Waals surface area contributed by atoms with E-state index in [2.05, 4.69) is 5.32 Å². The molecule has 0 unspecified atom stereocenters. The number of ether oxygens (including phenoxy) is 2. The standard InChI is InChI=1S/C21H25NO4/c1-21(2,3)26-20(24)22-19(13-14-23)17-9-11-18(12-10-17)25-15-16-7-5-4-6-8-16/h4-12,14,19H,13,15H2,1-3H3,(H,22,24)/t19-/m0/s1. The fourth-order valence-electron chi connectivity index (χ4n) is 2.36. The summed E-state index contributed by atoms with van der Waals surface area (Å²) < 4.78 is 11.0. The molecule has 138 valence electrons. The van der Waals surface area contributed by atoms with Gasteiger partial charge in [-0.15, -0.1) is 0 Å². The minimum atomic E-state index is -0.592. The van der Waals surface area contributed by atoms with Crippen molar-refractivity contribution >= 4 is 12.4 Å². The minimum Gasteiger partial charge on any atom is -0.489 e. The van der Waals surface area contributed by atoms with Crippen LogP contribution >= 0.6 is 0 Å². The molecule has 0 fully saturated rings. The van der Waals surface area contributed by atoms with Crippen molar-refractivity contribution in [2.75, 3.05) is 0 Å². The molecule has 1 amide bonds. The number of rotatable bonds is 7. The maximum absolute atomic E-state index is 12.0. The predicted molar refractivity (Wildman–Crippen MR) is 100 cm³/mol. The van der Waals surface area contributed by atoms with Crippen LogP contribution in [-0.2, 0) is 16.1 Å². The highest BCUT2D eigenvalue weighted by atomic mass is 16.6. The lowest BCUT2D eigenvalue weighted by molar-refractivity contribution is -0.108. The molecule has 0 aliphatic rings. The first-order valence-electron chi connectivity index (χ1n) is 8.57. The number of nitrogens with one attached hydrogen (secondary N) is 1. The zero-order valence-electron chi connectivity index (χ0n) is 15.4. The molecule has 0 saturated heterocycles. The van der Waals surface area contributed by atoms with Gasteiger partial charge in [0, 0.05) is 6.42 Å². The van der Waals surface area contributed by atoms with Crippen molar-refractivity contribution in [2.45, 2.75) is 45.4 Å². The van der Waals surface area contributed by atoms with Gasteiger partial charge in [0.2, 0.25) is 0 Å². The first-order chi connectivity index (χ1) is 12.4. The molecule has 26 heavy (non-hydrogen) atoms. The molecular weight excluding hydrogens is 330 g/mol. The lowest BCUT2D eigenvalue weighted by Gasteiger charge is -2.23. The van der Waals surface area contributed by atoms with Gasteiger partial charge >= 0.3 is 6.09 Å². The average Bonchev–Trinajstić information content (AvgIpc) is 2.59. The first-order valence-corrected chi connectivity index (χ1v) is 8.57. The van der Waals surface area contributed by atoms with Crippen molar-refractivity contribution in [3.05, 3.63) is 65.7 Å². The zero-order chi connectivity index (χ0) is 19.0. The van der Waals surface area contributed by atoms with E-state index in [-0.39, 0.29) is 6.42 Å². The third kappa shape index (κ3) is 6.59. The summed E-state index contributed by atoms with van der Waals surface area (Å²) in [5, 5.41) is 2.73. The number of hydrogen-bond acceptors (Lipinski definition) is 4. The van der Waals surface area contributed by atoms with Crippen molar-refractivity contribution in [2.24, 2.45) is 0 Å². The highest BCUT2D eigenvalue weighted by molar-refractivity contribution is 5.69. The summed E-state index contributed by atoms with van der Waals surface area (Å²) in [4.78, 5) is 22.9. The zero-order valence-corrected chi connectivity index (χ0v) is 15.4. The maximum atomic E-state index is 12.0. The second kappa shape index (κ2) is 9.04. The third-order valence-electron chi connectivity index (χ3n) is 3.55. The molecule has 2 aromatic rings. The third-order valence-corrected chi connectivity index (χ3v) is 3.55. The summed E-state index contributed by atoms with van der Waals surface area (Å²) in [6, 6.07) is 16.8. The first kappa shape index (κ1) is 19.5. The van der Waals surface area contributed by atoms with Gasteiger partial charge in [0.05, 0.1) is 6.04 Å². The van der Waals surface area contributed by atoms with E-state index in [9.17, 15) is 9.59 Å². The Morgan fingerprint density at radius 2 is 1.73 bits per heavy atom. The molecule has 0 spiro atoms. The molecule has 5 nitrogen and oxygen atoms in total. The number of alkyl carbamates (subject to hydrolysis) is 1. The van der Waals surface area contributed by atoms with Crippen LogP contribution in [0.3, 0.4) is 0 Å². The van der Waals surface area contributed by atoms with Crippen LogP contribution in [0.25, 0.3) is 0 Å². The van der Waals surface area contributed by atoms with Gasteiger partial charge in [-0.1, -0.05) is 42.5 Å². The SMILES string of the molecule is CC(C)(C)OC(=O)N[C@@H](CC=O)c1ccc(OCc2ccccc2)cc1. The topological polar surface area (TPSA) is 64.6 Å². The highest BCUT2D eigenvalue weighted by Gasteiger charge is 2.20. The predicted octanol–water partition coefficient (Wildman–Crippen LogP) is 4.42. The molecule has 0 aliphatic carbocycles. The Labute approximate surface area is 154 Å². The Morgan fingerprint density at radius 3 is 2.31 bits per heavy atom. The largest absolute Gasteiger partial charge is 0.489 e. The normalized spacial score (nSPS) is 12.1. The van der Waals surface area contributed by atoms with Crippen molar-refractivity contribution in [1.29, 1.82) is 0 Å². The van der Waals surface area contributed by atoms with Crippen molar-refractivity contribution < 1.29 is 19.1 Å². The van der Waals surface area contributed by atoms with Gasteiger partial charge in [0.15, 0.2) is 0 Å². The number of carbonyl (C=O) groups excluding carboxylic acids is 2. The van der Waals surface area contributed by atoms with E-state index in [4.69, 9.17) is 9.47 Å². The second-order valence-corrected chi connectivity index (χ2v) is 6.94. The van der Waals surface area contributed by atoms with Gasteiger partial charge in [-0.2, -0.15) is 0 Å². The number of benzene rings is 2. The molecular formula is C21H25NO4. The molecule has 5 heteroatoms. The van der Waals surface area contributed by atoms with E-state index in [1.165, 1.54) is 0 Å². The number of aldehydes is 1. The lowest BCUT2D eigenvalue weighted by Crippen LogP contribution is -2.35. The van der Waals surface area contributed by atoms with E-state index < -0.39 is 17.7 Å². The van der Waals surface area contributed by atoms with Crippen LogP contribution in [0.1, 0.15) is 44.4 Å². The highest BCUT2D eigenvalue weighted by Crippen LogP contribution is 2.21. The molecule has 0 radical (unpaired) electrons. The van der Waals surface area contributed by atoms with E-state index in [1.807, 2.05) is 54.6 Å². The Bertz CT molecular complexity index is 705. The number of carbonyl (C=O) groups is 2. The molecule has 2 aromatic carbocycles. The summed E-state index contributed by atoms with van der Waals surface area (Å²) in [5.41, 5.74) is 1.31. The maximum Gasteiger partial charge on any atom is 0.408 e. The van der Waals surface area contributed by atoms with Crippen LogP contribution in [0.5, 0.6) is 5.75 Å². The minimum absolute atomic E-state index is 0.170. The number of amides is 1. The Hall–Kier alpha value is -2.82. The average molecular weight is 355 g/mol. The van der Waals surface area contributed by atoms with Gasteiger partial charge in [-0.3, -0.25) is 0 Å². The van der Waals surface area contributed by atoms with E-state index in [0.29, 0.717) is 6.61 Å². The molecule has 1 atom stereocenters. The molecule has 1 N–H and O–H groups in total. The molecule has 2 rings (SSSR count). The molecule has 0 saturated carbocycles. The number of hydrogen-bond donors (Lipinski definition) is 1. The monoisotopic (exact) mass is 355 g/mol. The summed E-state index contributed by atoms with van der Waals surface area (Å²) >= 11 is 0. The van der Waals surface area contributed by atoms with E-state index in [0.717, 1.165) is 23.2 Å². The van der Waals surface area contributed by atoms with Crippen molar-refractivity contribution in [3.8, 4) is 5.75 Å². The van der Waals surface area contributed by atoms with Gasteiger partial charge in [0.25, 0.3) is 0 Å². The van der Waals surface area contributed by atoms with Crippen molar-refractivity contribution in [1.82, 2.24) is 5.32 Å². The quantitative estimate of drug-likeness (QED) is 0.747.